The van der Waals surface area contributed by atoms with E-state index < -0.39 is 4.92 Å². The van der Waals surface area contributed by atoms with Crippen molar-refractivity contribution in [2.45, 2.75) is 31.7 Å². The number of benzene rings is 1. The van der Waals surface area contributed by atoms with Gasteiger partial charge in [-0.25, -0.2) is 0 Å². The Labute approximate surface area is 129 Å². The van der Waals surface area contributed by atoms with Gasteiger partial charge >= 0.3 is 0 Å². The number of rotatable bonds is 4. The Hall–Kier alpha value is -1.66. The summed E-state index contributed by atoms with van der Waals surface area (Å²) < 4.78 is 0. The van der Waals surface area contributed by atoms with E-state index in [4.69, 9.17) is 5.73 Å². The molecular weight excluding hydrogens is 294 g/mol. The first-order valence-corrected chi connectivity index (χ1v) is 6.83. The zero-order valence-corrected chi connectivity index (χ0v) is 12.6. The Balaban J connectivity index is 0.00000220. The molecular formula is C14H20ClN3O3. The van der Waals surface area contributed by atoms with E-state index >= 15 is 0 Å². The zero-order chi connectivity index (χ0) is 14.5. The topological polar surface area (TPSA) is 89.5 Å². The molecule has 1 aromatic carbocycles. The summed E-state index contributed by atoms with van der Waals surface area (Å²) >= 11 is 0. The Morgan fingerprint density at radius 3 is 2.90 bits per heavy atom. The summed E-state index contributed by atoms with van der Waals surface area (Å²) in [7, 11) is 0. The number of aryl methyl sites for hydroxylation is 1. The van der Waals surface area contributed by atoms with E-state index in [0.717, 1.165) is 24.9 Å². The highest BCUT2D eigenvalue weighted by Crippen LogP contribution is 2.16. The summed E-state index contributed by atoms with van der Waals surface area (Å²) in [4.78, 5) is 24.1. The van der Waals surface area contributed by atoms with Crippen molar-refractivity contribution in [2.24, 2.45) is 5.73 Å². The molecule has 0 radical (unpaired) electrons. The molecule has 7 heteroatoms. The van der Waals surface area contributed by atoms with Gasteiger partial charge in [-0.3, -0.25) is 14.9 Å². The van der Waals surface area contributed by atoms with Gasteiger partial charge in [-0.1, -0.05) is 12.1 Å². The van der Waals surface area contributed by atoms with Crippen LogP contribution in [-0.2, 0) is 11.2 Å². The second kappa shape index (κ2) is 7.95. The van der Waals surface area contributed by atoms with Crippen molar-refractivity contribution in [3.05, 3.63) is 39.9 Å². The number of halogens is 1. The monoisotopic (exact) mass is 313 g/mol. The van der Waals surface area contributed by atoms with E-state index in [2.05, 4.69) is 0 Å². The van der Waals surface area contributed by atoms with Crippen molar-refractivity contribution in [1.29, 1.82) is 0 Å². The molecule has 0 bridgehead atoms. The number of amides is 1. The lowest BCUT2D eigenvalue weighted by Crippen LogP contribution is -2.45. The molecule has 0 saturated carbocycles. The maximum Gasteiger partial charge on any atom is 0.269 e. The van der Waals surface area contributed by atoms with Crippen molar-refractivity contribution in [3.63, 3.8) is 0 Å². The van der Waals surface area contributed by atoms with Gasteiger partial charge in [0.25, 0.3) is 5.69 Å². The first-order valence-electron chi connectivity index (χ1n) is 6.83. The van der Waals surface area contributed by atoms with Crippen LogP contribution >= 0.6 is 12.4 Å². The molecule has 1 heterocycles. The Bertz CT molecular complexity index is 510. The molecule has 1 unspecified atom stereocenters. The first kappa shape index (κ1) is 17.4. The van der Waals surface area contributed by atoms with Crippen molar-refractivity contribution >= 4 is 24.0 Å². The molecule has 1 aliphatic heterocycles. The van der Waals surface area contributed by atoms with Crippen LogP contribution in [0.1, 0.15) is 24.8 Å². The highest BCUT2D eigenvalue weighted by atomic mass is 35.5. The highest BCUT2D eigenvalue weighted by molar-refractivity contribution is 5.85. The molecule has 2 N–H and O–H groups in total. The third kappa shape index (κ3) is 4.99. The highest BCUT2D eigenvalue weighted by Gasteiger charge is 2.20. The van der Waals surface area contributed by atoms with Gasteiger partial charge in [-0.15, -0.1) is 12.4 Å². The lowest BCUT2D eigenvalue weighted by Gasteiger charge is -2.30. The predicted octanol–water partition coefficient (Wildman–Crippen LogP) is 1.90. The molecule has 0 aliphatic carbocycles. The van der Waals surface area contributed by atoms with Crippen molar-refractivity contribution in [2.75, 3.05) is 13.1 Å². The van der Waals surface area contributed by atoms with Gasteiger partial charge in [0.2, 0.25) is 5.91 Å². The summed E-state index contributed by atoms with van der Waals surface area (Å²) in [6, 6.07) is 6.51. The number of hydrogen-bond donors (Lipinski definition) is 1. The van der Waals surface area contributed by atoms with Crippen LogP contribution in [0.2, 0.25) is 0 Å². The number of piperidine rings is 1. The molecule has 1 aliphatic rings. The fourth-order valence-electron chi connectivity index (χ4n) is 2.47. The van der Waals surface area contributed by atoms with Crippen LogP contribution < -0.4 is 5.73 Å². The summed E-state index contributed by atoms with van der Waals surface area (Å²) in [6.07, 6.45) is 2.80. The van der Waals surface area contributed by atoms with Crippen LogP contribution in [0.15, 0.2) is 24.3 Å². The number of nitro groups is 1. The fourth-order valence-corrected chi connectivity index (χ4v) is 2.47. The summed E-state index contributed by atoms with van der Waals surface area (Å²) in [6.45, 7) is 1.38. The minimum Gasteiger partial charge on any atom is -0.341 e. The number of nitrogens with zero attached hydrogens (tertiary/aromatic N) is 2. The van der Waals surface area contributed by atoms with E-state index in [0.29, 0.717) is 19.4 Å². The molecule has 1 atom stereocenters. The van der Waals surface area contributed by atoms with Crippen molar-refractivity contribution in [1.82, 2.24) is 4.90 Å². The van der Waals surface area contributed by atoms with Gasteiger partial charge in [0.15, 0.2) is 0 Å². The lowest BCUT2D eigenvalue weighted by atomic mass is 10.0. The number of nitro benzene ring substituents is 1. The fraction of sp³-hybridized carbons (Fsp3) is 0.500. The van der Waals surface area contributed by atoms with Crippen LogP contribution in [0.5, 0.6) is 0 Å². The third-order valence-electron chi connectivity index (χ3n) is 3.56. The molecule has 116 valence electrons. The number of likely N-dealkylation sites (tertiary alicyclic amines) is 1. The van der Waals surface area contributed by atoms with Crippen molar-refractivity contribution in [3.8, 4) is 0 Å². The van der Waals surface area contributed by atoms with Crippen molar-refractivity contribution < 1.29 is 9.72 Å². The molecule has 1 amide bonds. The van der Waals surface area contributed by atoms with Gasteiger partial charge in [0.1, 0.15) is 0 Å². The standard InChI is InChI=1S/C14H19N3O3.ClH/c15-12-4-2-8-16(10-12)14(18)7-6-11-3-1-5-13(9-11)17(19)20;/h1,3,5,9,12H,2,4,6-8,10,15H2;1H. The lowest BCUT2D eigenvalue weighted by molar-refractivity contribution is -0.384. The maximum atomic E-state index is 12.1. The SMILES string of the molecule is Cl.NC1CCCN(C(=O)CCc2cccc([N+](=O)[O-])c2)C1. The van der Waals surface area contributed by atoms with Crippen LogP contribution in [0.25, 0.3) is 0 Å². The first-order chi connectivity index (χ1) is 9.56. The molecule has 1 aromatic rings. The summed E-state index contributed by atoms with van der Waals surface area (Å²) in [5.74, 6) is 0.0756. The second-order valence-electron chi connectivity index (χ2n) is 5.17. The number of carbonyl (C=O) groups is 1. The van der Waals surface area contributed by atoms with Gasteiger partial charge < -0.3 is 10.6 Å². The van der Waals surface area contributed by atoms with Crippen LogP contribution in [0.3, 0.4) is 0 Å². The summed E-state index contributed by atoms with van der Waals surface area (Å²) in [5, 5.41) is 10.7. The second-order valence-corrected chi connectivity index (χ2v) is 5.17. The number of nitrogens with two attached hydrogens (primary N) is 1. The van der Waals surface area contributed by atoms with E-state index in [-0.39, 0.29) is 30.0 Å². The number of carbonyl (C=O) groups excluding carboxylic acids is 1. The smallest absolute Gasteiger partial charge is 0.269 e. The minimum absolute atomic E-state index is 0. The maximum absolute atomic E-state index is 12.1. The minimum atomic E-state index is -0.422. The molecule has 0 spiro atoms. The quantitative estimate of drug-likeness (QED) is 0.679. The molecule has 1 fully saturated rings. The predicted molar refractivity (Wildman–Crippen MR) is 82.5 cm³/mol. The third-order valence-corrected chi connectivity index (χ3v) is 3.56. The van der Waals surface area contributed by atoms with Crippen LogP contribution in [0.4, 0.5) is 5.69 Å². The average Bonchev–Trinajstić information content (AvgIpc) is 2.45. The van der Waals surface area contributed by atoms with Gasteiger partial charge in [0.05, 0.1) is 4.92 Å². The average molecular weight is 314 g/mol. The molecule has 6 nitrogen and oxygen atoms in total. The van der Waals surface area contributed by atoms with E-state index in [9.17, 15) is 14.9 Å². The summed E-state index contributed by atoms with van der Waals surface area (Å²) in [5.41, 5.74) is 6.73. The number of hydrogen-bond acceptors (Lipinski definition) is 4. The number of non-ortho nitro benzene ring substituents is 1. The Morgan fingerprint density at radius 2 is 2.24 bits per heavy atom. The molecule has 1 saturated heterocycles. The van der Waals surface area contributed by atoms with E-state index in [1.807, 2.05) is 6.07 Å². The normalized spacial score (nSPS) is 18.0. The van der Waals surface area contributed by atoms with E-state index in [1.165, 1.54) is 12.1 Å². The van der Waals surface area contributed by atoms with E-state index in [1.54, 1.807) is 11.0 Å². The van der Waals surface area contributed by atoms with Crippen LogP contribution in [0, 0.1) is 10.1 Å². The molecule has 2 rings (SSSR count). The van der Waals surface area contributed by atoms with Crippen LogP contribution in [-0.4, -0.2) is 34.9 Å². The van der Waals surface area contributed by atoms with Gasteiger partial charge in [-0.2, -0.15) is 0 Å². The van der Waals surface area contributed by atoms with Gasteiger partial charge in [-0.05, 0) is 24.8 Å². The molecule has 0 aromatic heterocycles. The largest absolute Gasteiger partial charge is 0.341 e. The van der Waals surface area contributed by atoms with Gasteiger partial charge in [0, 0.05) is 37.7 Å². The molecule has 21 heavy (non-hydrogen) atoms. The Kier molecular flexibility index (Phi) is 6.58. The zero-order valence-electron chi connectivity index (χ0n) is 11.7. The Morgan fingerprint density at radius 1 is 1.48 bits per heavy atom.